The van der Waals surface area contributed by atoms with Crippen molar-refractivity contribution < 1.29 is 9.47 Å². The Bertz CT molecular complexity index is 521. The SMILES string of the molecule is CCc1ccc(OCC(CSc2ccsc2)OC(C)C)cc1. The molecule has 0 spiro atoms. The Hall–Kier alpha value is -0.970. The molecule has 120 valence electrons. The van der Waals surface area contributed by atoms with Crippen LogP contribution in [0.3, 0.4) is 0 Å². The number of ether oxygens (including phenoxy) is 2. The molecule has 1 atom stereocenters. The summed E-state index contributed by atoms with van der Waals surface area (Å²) in [6, 6.07) is 10.5. The lowest BCUT2D eigenvalue weighted by Crippen LogP contribution is -2.27. The van der Waals surface area contributed by atoms with Crippen LogP contribution in [0.1, 0.15) is 26.3 Å². The molecule has 0 amide bonds. The molecule has 2 aromatic rings. The first-order valence-corrected chi connectivity index (χ1v) is 9.62. The molecule has 0 radical (unpaired) electrons. The maximum absolute atomic E-state index is 5.97. The van der Waals surface area contributed by atoms with Crippen LogP contribution in [0.4, 0.5) is 0 Å². The molecular weight excluding hydrogens is 312 g/mol. The fourth-order valence-corrected chi connectivity index (χ4v) is 3.80. The Balaban J connectivity index is 1.85. The Labute approximate surface area is 141 Å². The van der Waals surface area contributed by atoms with E-state index in [1.807, 2.05) is 23.9 Å². The summed E-state index contributed by atoms with van der Waals surface area (Å²) in [5.41, 5.74) is 1.33. The van der Waals surface area contributed by atoms with E-state index in [-0.39, 0.29) is 12.2 Å². The van der Waals surface area contributed by atoms with Crippen molar-refractivity contribution in [2.75, 3.05) is 12.4 Å². The molecular formula is C18H24O2S2. The van der Waals surface area contributed by atoms with Crippen LogP contribution in [0.5, 0.6) is 5.75 Å². The van der Waals surface area contributed by atoms with Crippen molar-refractivity contribution in [3.8, 4) is 5.75 Å². The van der Waals surface area contributed by atoms with Gasteiger partial charge in [0.25, 0.3) is 0 Å². The molecule has 4 heteroatoms. The molecule has 0 saturated heterocycles. The molecule has 0 aliphatic carbocycles. The molecule has 1 aromatic carbocycles. The van der Waals surface area contributed by atoms with E-state index in [0.717, 1.165) is 17.9 Å². The van der Waals surface area contributed by atoms with Crippen molar-refractivity contribution in [3.63, 3.8) is 0 Å². The maximum Gasteiger partial charge on any atom is 0.119 e. The molecule has 1 heterocycles. The average molecular weight is 337 g/mol. The van der Waals surface area contributed by atoms with E-state index in [2.05, 4.69) is 49.7 Å². The summed E-state index contributed by atoms with van der Waals surface area (Å²) < 4.78 is 11.9. The Morgan fingerprint density at radius 1 is 1.14 bits per heavy atom. The third-order valence-corrected chi connectivity index (χ3v) is 5.12. The van der Waals surface area contributed by atoms with Crippen LogP contribution in [0, 0.1) is 0 Å². The number of hydrogen-bond acceptors (Lipinski definition) is 4. The topological polar surface area (TPSA) is 18.5 Å². The molecule has 0 N–H and O–H groups in total. The van der Waals surface area contributed by atoms with Crippen LogP contribution < -0.4 is 4.74 Å². The highest BCUT2D eigenvalue weighted by Gasteiger charge is 2.13. The van der Waals surface area contributed by atoms with Gasteiger partial charge >= 0.3 is 0 Å². The minimum absolute atomic E-state index is 0.0933. The molecule has 0 fully saturated rings. The average Bonchev–Trinajstić information content (AvgIpc) is 3.03. The normalized spacial score (nSPS) is 12.5. The third kappa shape index (κ3) is 6.03. The number of rotatable bonds is 9. The second-order valence-electron chi connectivity index (χ2n) is 5.39. The van der Waals surface area contributed by atoms with E-state index < -0.39 is 0 Å². The van der Waals surface area contributed by atoms with Gasteiger partial charge in [-0.25, -0.2) is 0 Å². The first kappa shape index (κ1) is 17.4. The second-order valence-corrected chi connectivity index (χ2v) is 7.26. The van der Waals surface area contributed by atoms with Crippen molar-refractivity contribution in [2.45, 2.75) is 44.3 Å². The number of thiophene rings is 1. The van der Waals surface area contributed by atoms with Gasteiger partial charge in [0.05, 0.1) is 6.10 Å². The molecule has 0 bridgehead atoms. The maximum atomic E-state index is 5.97. The zero-order valence-electron chi connectivity index (χ0n) is 13.5. The molecule has 2 rings (SSSR count). The highest BCUT2D eigenvalue weighted by Crippen LogP contribution is 2.23. The van der Waals surface area contributed by atoms with Gasteiger partial charge in [0.1, 0.15) is 18.5 Å². The van der Waals surface area contributed by atoms with Gasteiger partial charge in [0, 0.05) is 16.0 Å². The highest BCUT2D eigenvalue weighted by atomic mass is 32.2. The lowest BCUT2D eigenvalue weighted by Gasteiger charge is -2.20. The van der Waals surface area contributed by atoms with E-state index in [4.69, 9.17) is 9.47 Å². The summed E-state index contributed by atoms with van der Waals surface area (Å²) in [7, 11) is 0. The number of hydrogen-bond donors (Lipinski definition) is 0. The van der Waals surface area contributed by atoms with Gasteiger partial charge in [-0.05, 0) is 49.4 Å². The van der Waals surface area contributed by atoms with Gasteiger partial charge in [-0.3, -0.25) is 0 Å². The van der Waals surface area contributed by atoms with Crippen molar-refractivity contribution in [2.24, 2.45) is 0 Å². The van der Waals surface area contributed by atoms with Crippen molar-refractivity contribution >= 4 is 23.1 Å². The summed E-state index contributed by atoms with van der Waals surface area (Å²) in [5, 5.41) is 4.27. The molecule has 0 aliphatic rings. The molecule has 1 unspecified atom stereocenters. The lowest BCUT2D eigenvalue weighted by molar-refractivity contribution is -0.00354. The summed E-state index contributed by atoms with van der Waals surface area (Å²) >= 11 is 3.55. The van der Waals surface area contributed by atoms with Crippen LogP contribution in [0.25, 0.3) is 0 Å². The molecule has 0 saturated carbocycles. The first-order valence-electron chi connectivity index (χ1n) is 7.69. The van der Waals surface area contributed by atoms with Crippen LogP contribution >= 0.6 is 23.1 Å². The van der Waals surface area contributed by atoms with Gasteiger partial charge in [-0.2, -0.15) is 11.3 Å². The predicted molar refractivity (Wildman–Crippen MR) is 96.4 cm³/mol. The zero-order valence-corrected chi connectivity index (χ0v) is 15.1. The smallest absolute Gasteiger partial charge is 0.119 e. The van der Waals surface area contributed by atoms with Crippen molar-refractivity contribution in [1.29, 1.82) is 0 Å². The minimum atomic E-state index is 0.0933. The summed E-state index contributed by atoms with van der Waals surface area (Å²) in [6.07, 6.45) is 1.35. The van der Waals surface area contributed by atoms with E-state index in [9.17, 15) is 0 Å². The van der Waals surface area contributed by atoms with E-state index >= 15 is 0 Å². The van der Waals surface area contributed by atoms with Gasteiger partial charge in [0.15, 0.2) is 0 Å². The Morgan fingerprint density at radius 3 is 2.50 bits per heavy atom. The van der Waals surface area contributed by atoms with Gasteiger partial charge < -0.3 is 9.47 Å². The van der Waals surface area contributed by atoms with E-state index in [1.165, 1.54) is 10.5 Å². The molecule has 22 heavy (non-hydrogen) atoms. The highest BCUT2D eigenvalue weighted by molar-refractivity contribution is 7.99. The monoisotopic (exact) mass is 336 g/mol. The fraction of sp³-hybridized carbons (Fsp3) is 0.444. The standard InChI is InChI=1S/C18H24O2S2/c1-4-15-5-7-16(8-6-15)19-11-17(20-14(2)3)12-22-18-9-10-21-13-18/h5-10,13-14,17H,4,11-12H2,1-3H3. The van der Waals surface area contributed by atoms with Gasteiger partial charge in [-0.1, -0.05) is 19.1 Å². The quantitative estimate of drug-likeness (QED) is 0.581. The van der Waals surface area contributed by atoms with Gasteiger partial charge in [-0.15, -0.1) is 11.8 Å². The predicted octanol–water partition coefficient (Wildman–Crippen LogP) is 5.28. The summed E-state index contributed by atoms with van der Waals surface area (Å²) in [6.45, 7) is 6.88. The van der Waals surface area contributed by atoms with Crippen LogP contribution in [-0.2, 0) is 11.2 Å². The molecule has 0 aliphatic heterocycles. The zero-order chi connectivity index (χ0) is 15.8. The summed E-state index contributed by atoms with van der Waals surface area (Å²) in [4.78, 5) is 1.30. The van der Waals surface area contributed by atoms with E-state index in [1.54, 1.807) is 11.3 Å². The fourth-order valence-electron chi connectivity index (χ4n) is 2.05. The Kier molecular flexibility index (Phi) is 7.30. The van der Waals surface area contributed by atoms with Gasteiger partial charge in [0.2, 0.25) is 0 Å². The first-order chi connectivity index (χ1) is 10.7. The van der Waals surface area contributed by atoms with Crippen molar-refractivity contribution in [1.82, 2.24) is 0 Å². The minimum Gasteiger partial charge on any atom is -0.491 e. The number of aryl methyl sites for hydroxylation is 1. The lowest BCUT2D eigenvalue weighted by atomic mass is 10.2. The van der Waals surface area contributed by atoms with E-state index in [0.29, 0.717) is 6.61 Å². The van der Waals surface area contributed by atoms with Crippen LogP contribution in [-0.4, -0.2) is 24.6 Å². The Morgan fingerprint density at radius 2 is 1.91 bits per heavy atom. The second kappa shape index (κ2) is 9.23. The molecule has 1 aromatic heterocycles. The molecule has 2 nitrogen and oxygen atoms in total. The number of thioether (sulfide) groups is 1. The van der Waals surface area contributed by atoms with Crippen LogP contribution in [0.2, 0.25) is 0 Å². The third-order valence-electron chi connectivity index (χ3n) is 3.16. The summed E-state index contributed by atoms with van der Waals surface area (Å²) in [5.74, 6) is 1.82. The number of benzene rings is 1. The van der Waals surface area contributed by atoms with Crippen LogP contribution in [0.15, 0.2) is 46.0 Å². The largest absolute Gasteiger partial charge is 0.491 e. The van der Waals surface area contributed by atoms with Crippen molar-refractivity contribution in [3.05, 3.63) is 46.7 Å².